The van der Waals surface area contributed by atoms with Gasteiger partial charge in [0.1, 0.15) is 6.10 Å². The molecule has 2 aliphatic heterocycles. The van der Waals surface area contributed by atoms with Crippen molar-refractivity contribution in [3.8, 4) is 0 Å². The molecule has 2 bridgehead atoms. The van der Waals surface area contributed by atoms with Crippen LogP contribution in [0.4, 0.5) is 0 Å². The summed E-state index contributed by atoms with van der Waals surface area (Å²) in [6.07, 6.45) is 5.15. The van der Waals surface area contributed by atoms with Crippen molar-refractivity contribution in [1.29, 1.82) is 0 Å². The van der Waals surface area contributed by atoms with Crippen LogP contribution in [0.15, 0.2) is 4.52 Å². The van der Waals surface area contributed by atoms with Gasteiger partial charge in [0.15, 0.2) is 5.82 Å². The molecule has 0 radical (unpaired) electrons. The number of rotatable bonds is 8. The van der Waals surface area contributed by atoms with Gasteiger partial charge in [0.2, 0.25) is 11.8 Å². The van der Waals surface area contributed by atoms with Crippen LogP contribution in [0.1, 0.15) is 70.7 Å². The highest BCUT2D eigenvalue weighted by Crippen LogP contribution is 2.33. The Balaban J connectivity index is 0.00000261. The Hall–Kier alpha value is -1.18. The third-order valence-electron chi connectivity index (χ3n) is 5.36. The van der Waals surface area contributed by atoms with Crippen molar-refractivity contribution in [3.63, 3.8) is 0 Å². The first kappa shape index (κ1) is 22.1. The maximum atomic E-state index is 12.6. The Morgan fingerprint density at radius 2 is 1.96 bits per heavy atom. The molecule has 0 aromatic carbocycles. The second kappa shape index (κ2) is 9.85. The largest absolute Gasteiger partial charge is 0.370 e. The van der Waals surface area contributed by atoms with Gasteiger partial charge in [-0.3, -0.25) is 4.79 Å². The average molecular weight is 401 g/mol. The van der Waals surface area contributed by atoms with Crippen molar-refractivity contribution in [2.75, 3.05) is 13.7 Å². The normalized spacial score (nSPS) is 25.3. The number of carbonyl (C=O) groups excluding carboxylic acids is 1. The van der Waals surface area contributed by atoms with E-state index in [2.05, 4.69) is 29.3 Å². The third-order valence-corrected chi connectivity index (χ3v) is 5.36. The highest BCUT2D eigenvalue weighted by Gasteiger charge is 2.34. The minimum Gasteiger partial charge on any atom is -0.370 e. The van der Waals surface area contributed by atoms with Gasteiger partial charge in [0.25, 0.3) is 0 Å². The molecule has 3 atom stereocenters. The van der Waals surface area contributed by atoms with Gasteiger partial charge in [-0.1, -0.05) is 19.0 Å². The van der Waals surface area contributed by atoms with E-state index < -0.39 is 0 Å². The van der Waals surface area contributed by atoms with Gasteiger partial charge >= 0.3 is 0 Å². The van der Waals surface area contributed by atoms with E-state index in [-0.39, 0.29) is 24.4 Å². The van der Waals surface area contributed by atoms with Crippen LogP contribution in [0.25, 0.3) is 0 Å². The third kappa shape index (κ3) is 6.16. The van der Waals surface area contributed by atoms with Crippen LogP contribution < -0.4 is 5.32 Å². The van der Waals surface area contributed by atoms with Crippen LogP contribution in [0, 0.1) is 11.8 Å². The Morgan fingerprint density at radius 3 is 2.59 bits per heavy atom. The molecule has 8 heteroatoms. The van der Waals surface area contributed by atoms with E-state index in [4.69, 9.17) is 9.26 Å². The predicted molar refractivity (Wildman–Crippen MR) is 105 cm³/mol. The summed E-state index contributed by atoms with van der Waals surface area (Å²) >= 11 is 0. The lowest BCUT2D eigenvalue weighted by Gasteiger charge is -2.29. The van der Waals surface area contributed by atoms with Gasteiger partial charge in [-0.25, -0.2) is 0 Å². The summed E-state index contributed by atoms with van der Waals surface area (Å²) in [5, 5.41) is 7.62. The highest BCUT2D eigenvalue weighted by atomic mass is 35.5. The van der Waals surface area contributed by atoms with Crippen molar-refractivity contribution in [2.45, 2.75) is 77.6 Å². The summed E-state index contributed by atoms with van der Waals surface area (Å²) in [7, 11) is 1.81. The minimum absolute atomic E-state index is 0. The smallest absolute Gasteiger partial charge is 0.246 e. The van der Waals surface area contributed by atoms with Crippen LogP contribution in [0.3, 0.4) is 0 Å². The standard InChI is InChI=1S/C19H32N4O3.ClH/c1-12(2)11-25-13(3)19-21-17(26-22-19)10-23(4)18(24)9-14-7-15-5-6-16(8-14)20-15;/h12-16,20H,5-11H2,1-4H3;1H. The van der Waals surface area contributed by atoms with E-state index in [9.17, 15) is 4.79 Å². The number of hydrogen-bond donors (Lipinski definition) is 1. The molecule has 3 unspecified atom stereocenters. The van der Waals surface area contributed by atoms with Crippen molar-refractivity contribution < 1.29 is 14.1 Å². The van der Waals surface area contributed by atoms with Gasteiger partial charge in [0.05, 0.1) is 6.54 Å². The van der Waals surface area contributed by atoms with E-state index >= 15 is 0 Å². The Labute approximate surface area is 168 Å². The molecule has 7 nitrogen and oxygen atoms in total. The molecule has 1 N–H and O–H groups in total. The number of ether oxygens (including phenoxy) is 1. The summed E-state index contributed by atoms with van der Waals surface area (Å²) in [5.74, 6) is 2.10. The van der Waals surface area contributed by atoms with Crippen molar-refractivity contribution in [2.24, 2.45) is 11.8 Å². The summed E-state index contributed by atoms with van der Waals surface area (Å²) in [6, 6.07) is 1.23. The lowest BCUT2D eigenvalue weighted by Crippen LogP contribution is -2.39. The van der Waals surface area contributed by atoms with Crippen molar-refractivity contribution in [1.82, 2.24) is 20.4 Å². The SMILES string of the molecule is CC(C)COC(C)c1noc(CN(C)C(=O)CC2CC3CCC(C2)N3)n1.Cl. The molecule has 3 heterocycles. The first-order valence-corrected chi connectivity index (χ1v) is 9.84. The summed E-state index contributed by atoms with van der Waals surface area (Å²) in [4.78, 5) is 18.6. The maximum absolute atomic E-state index is 12.6. The zero-order chi connectivity index (χ0) is 18.7. The highest BCUT2D eigenvalue weighted by molar-refractivity contribution is 5.85. The zero-order valence-electron chi connectivity index (χ0n) is 16.8. The number of nitrogens with one attached hydrogen (secondary N) is 1. The molecule has 2 saturated heterocycles. The Bertz CT molecular complexity index is 598. The van der Waals surface area contributed by atoms with Crippen LogP contribution >= 0.6 is 12.4 Å². The van der Waals surface area contributed by atoms with Gasteiger partial charge in [-0.05, 0) is 44.4 Å². The summed E-state index contributed by atoms with van der Waals surface area (Å²) in [5.41, 5.74) is 0. The molecule has 0 saturated carbocycles. The lowest BCUT2D eigenvalue weighted by molar-refractivity contribution is -0.132. The van der Waals surface area contributed by atoms with Crippen molar-refractivity contribution in [3.05, 3.63) is 11.7 Å². The first-order chi connectivity index (χ1) is 12.4. The predicted octanol–water partition coefficient (Wildman–Crippen LogP) is 3.10. The second-order valence-corrected chi connectivity index (χ2v) is 8.34. The van der Waals surface area contributed by atoms with Crippen molar-refractivity contribution >= 4 is 18.3 Å². The van der Waals surface area contributed by atoms with E-state index in [0.29, 0.717) is 55.2 Å². The van der Waals surface area contributed by atoms with E-state index in [1.165, 1.54) is 12.8 Å². The number of carbonyl (C=O) groups is 1. The molecule has 3 rings (SSSR count). The molecule has 1 aromatic rings. The van der Waals surface area contributed by atoms with Crippen LogP contribution in [-0.2, 0) is 16.1 Å². The number of piperidine rings is 1. The number of amides is 1. The topological polar surface area (TPSA) is 80.5 Å². The van der Waals surface area contributed by atoms with E-state index in [0.717, 1.165) is 12.8 Å². The van der Waals surface area contributed by atoms with E-state index in [1.54, 1.807) is 11.9 Å². The second-order valence-electron chi connectivity index (χ2n) is 8.34. The fourth-order valence-corrected chi connectivity index (χ4v) is 3.94. The number of hydrogen-bond acceptors (Lipinski definition) is 6. The molecule has 154 valence electrons. The number of fused-ring (bicyclic) bond motifs is 2. The van der Waals surface area contributed by atoms with Crippen LogP contribution in [0.5, 0.6) is 0 Å². The molecule has 2 aliphatic rings. The summed E-state index contributed by atoms with van der Waals surface area (Å²) in [6.45, 7) is 7.12. The summed E-state index contributed by atoms with van der Waals surface area (Å²) < 4.78 is 11.0. The average Bonchev–Trinajstić information content (AvgIpc) is 3.19. The number of aromatic nitrogens is 2. The Morgan fingerprint density at radius 1 is 1.30 bits per heavy atom. The molecular formula is C19H33ClN4O3. The number of nitrogens with zero attached hydrogens (tertiary/aromatic N) is 3. The molecular weight excluding hydrogens is 368 g/mol. The lowest BCUT2D eigenvalue weighted by atomic mass is 9.89. The molecule has 0 aliphatic carbocycles. The molecule has 1 aromatic heterocycles. The monoisotopic (exact) mass is 400 g/mol. The minimum atomic E-state index is -0.207. The molecule has 1 amide bonds. The fraction of sp³-hybridized carbons (Fsp3) is 0.842. The molecule has 0 spiro atoms. The van der Waals surface area contributed by atoms with Gasteiger partial charge < -0.3 is 19.5 Å². The first-order valence-electron chi connectivity index (χ1n) is 9.84. The Kier molecular flexibility index (Phi) is 8.06. The van der Waals surface area contributed by atoms with Gasteiger partial charge in [-0.2, -0.15) is 4.98 Å². The number of halogens is 1. The van der Waals surface area contributed by atoms with Gasteiger partial charge in [0, 0.05) is 32.2 Å². The fourth-order valence-electron chi connectivity index (χ4n) is 3.94. The van der Waals surface area contributed by atoms with E-state index in [1.807, 2.05) is 6.92 Å². The molecule has 2 fully saturated rings. The van der Waals surface area contributed by atoms with Gasteiger partial charge in [-0.15, -0.1) is 12.4 Å². The van der Waals surface area contributed by atoms with Crippen LogP contribution in [-0.4, -0.2) is 46.7 Å². The van der Waals surface area contributed by atoms with Crippen LogP contribution in [0.2, 0.25) is 0 Å². The zero-order valence-corrected chi connectivity index (χ0v) is 17.6. The quantitative estimate of drug-likeness (QED) is 0.722. The molecule has 27 heavy (non-hydrogen) atoms. The maximum Gasteiger partial charge on any atom is 0.246 e.